The van der Waals surface area contributed by atoms with Crippen LogP contribution in [0.1, 0.15) is 55.4 Å². The normalized spacial score (nSPS) is 11.3. The zero-order valence-corrected chi connectivity index (χ0v) is 13.2. The van der Waals surface area contributed by atoms with E-state index in [1.807, 2.05) is 28.9 Å². The van der Waals surface area contributed by atoms with Crippen LogP contribution >= 0.6 is 0 Å². The monoisotopic (exact) mass is 285 g/mol. The number of carbonyl (C=O) groups excluding carboxylic acids is 1. The molecule has 1 aromatic heterocycles. The van der Waals surface area contributed by atoms with Crippen molar-refractivity contribution in [2.75, 3.05) is 0 Å². The Kier molecular flexibility index (Phi) is 4.89. The summed E-state index contributed by atoms with van der Waals surface area (Å²) in [5.41, 5.74) is 1.98. The first-order valence-electron chi connectivity index (χ1n) is 7.47. The van der Waals surface area contributed by atoms with Crippen LogP contribution in [0.15, 0.2) is 30.6 Å². The van der Waals surface area contributed by atoms with Gasteiger partial charge in [0.2, 0.25) is 0 Å². The van der Waals surface area contributed by atoms with Gasteiger partial charge in [-0.2, -0.15) is 5.10 Å². The van der Waals surface area contributed by atoms with Crippen molar-refractivity contribution >= 4 is 5.78 Å². The molecule has 0 N–H and O–H groups in total. The third-order valence-corrected chi connectivity index (χ3v) is 3.45. The quantitative estimate of drug-likeness (QED) is 0.763. The second-order valence-corrected chi connectivity index (χ2v) is 6.13. The molecule has 0 aliphatic carbocycles. The molecule has 0 amide bonds. The highest BCUT2D eigenvalue weighted by molar-refractivity contribution is 5.97. The molecule has 0 unspecified atom stereocenters. The van der Waals surface area contributed by atoms with Crippen molar-refractivity contribution in [1.29, 1.82) is 0 Å². The third-order valence-electron chi connectivity index (χ3n) is 3.45. The van der Waals surface area contributed by atoms with Crippen LogP contribution in [0.5, 0.6) is 0 Å². The maximum atomic E-state index is 12.4. The largest absolute Gasteiger partial charge is 0.294 e. The minimum atomic E-state index is 0.0864. The van der Waals surface area contributed by atoms with Crippen molar-refractivity contribution in [3.8, 4) is 0 Å². The number of carbonyl (C=O) groups is 1. The Hall–Kier alpha value is -1.97. The minimum Gasteiger partial charge on any atom is -0.294 e. The van der Waals surface area contributed by atoms with Crippen LogP contribution in [0.4, 0.5) is 0 Å². The molecule has 112 valence electrons. The fourth-order valence-corrected chi connectivity index (χ4v) is 2.22. The van der Waals surface area contributed by atoms with Crippen molar-refractivity contribution in [1.82, 2.24) is 14.8 Å². The Morgan fingerprint density at radius 2 is 1.81 bits per heavy atom. The molecule has 0 fully saturated rings. The van der Waals surface area contributed by atoms with Crippen LogP contribution in [0.25, 0.3) is 0 Å². The molecule has 1 heterocycles. The highest BCUT2D eigenvalue weighted by Crippen LogP contribution is 2.15. The van der Waals surface area contributed by atoms with Gasteiger partial charge in [-0.1, -0.05) is 52.0 Å². The number of nitrogens with zero attached hydrogens (tertiary/aromatic N) is 3. The summed E-state index contributed by atoms with van der Waals surface area (Å²) in [6.45, 7) is 9.32. The van der Waals surface area contributed by atoms with Crippen molar-refractivity contribution < 1.29 is 4.79 Å². The van der Waals surface area contributed by atoms with Crippen LogP contribution in [0.3, 0.4) is 0 Å². The molecule has 0 spiro atoms. The lowest BCUT2D eigenvalue weighted by atomic mass is 9.99. The molecule has 0 atom stereocenters. The molecular weight excluding hydrogens is 262 g/mol. The van der Waals surface area contributed by atoms with E-state index < -0.39 is 0 Å². The third kappa shape index (κ3) is 4.00. The number of benzene rings is 1. The van der Waals surface area contributed by atoms with Gasteiger partial charge in [-0.3, -0.25) is 4.79 Å². The average molecular weight is 285 g/mol. The minimum absolute atomic E-state index is 0.0864. The van der Waals surface area contributed by atoms with Gasteiger partial charge < -0.3 is 0 Å². The first kappa shape index (κ1) is 15.4. The number of aromatic nitrogens is 3. The molecule has 2 aromatic rings. The van der Waals surface area contributed by atoms with Crippen LogP contribution < -0.4 is 0 Å². The Morgan fingerprint density at radius 3 is 2.38 bits per heavy atom. The maximum absolute atomic E-state index is 12.4. The maximum Gasteiger partial charge on any atom is 0.170 e. The molecule has 21 heavy (non-hydrogen) atoms. The predicted molar refractivity (Wildman–Crippen MR) is 83.4 cm³/mol. The van der Waals surface area contributed by atoms with E-state index in [1.165, 1.54) is 11.9 Å². The van der Waals surface area contributed by atoms with Gasteiger partial charge in [-0.15, -0.1) is 0 Å². The summed E-state index contributed by atoms with van der Waals surface area (Å²) < 4.78 is 1.82. The molecule has 4 nitrogen and oxygen atoms in total. The molecule has 2 rings (SSSR count). The van der Waals surface area contributed by atoms with Gasteiger partial charge in [-0.25, -0.2) is 9.67 Å². The summed E-state index contributed by atoms with van der Waals surface area (Å²) in [6.07, 6.45) is 1.82. The van der Waals surface area contributed by atoms with E-state index in [1.54, 1.807) is 0 Å². The number of ketones is 1. The van der Waals surface area contributed by atoms with Gasteiger partial charge in [-0.05, 0) is 17.4 Å². The summed E-state index contributed by atoms with van der Waals surface area (Å²) in [7, 11) is 0. The van der Waals surface area contributed by atoms with Crippen LogP contribution in [0.2, 0.25) is 0 Å². The van der Waals surface area contributed by atoms with Gasteiger partial charge in [0.15, 0.2) is 5.78 Å². The van der Waals surface area contributed by atoms with Crippen LogP contribution in [-0.2, 0) is 13.0 Å². The summed E-state index contributed by atoms with van der Waals surface area (Å²) in [5.74, 6) is 1.78. The molecular formula is C17H23N3O. The van der Waals surface area contributed by atoms with E-state index in [-0.39, 0.29) is 5.78 Å². The fraction of sp³-hybridized carbons (Fsp3) is 0.471. The zero-order valence-electron chi connectivity index (χ0n) is 13.2. The zero-order chi connectivity index (χ0) is 15.4. The second-order valence-electron chi connectivity index (χ2n) is 6.13. The van der Waals surface area contributed by atoms with E-state index in [4.69, 9.17) is 0 Å². The standard InChI is InChI=1S/C17H23N3O/c1-12(2)10-20-17(18-11-19-20)9-16(21)15-7-5-14(6-8-15)13(3)4/h5-8,11-13H,9-10H2,1-4H3. The van der Waals surface area contributed by atoms with E-state index in [2.05, 4.69) is 37.8 Å². The van der Waals surface area contributed by atoms with Crippen molar-refractivity contribution in [3.05, 3.63) is 47.5 Å². The summed E-state index contributed by atoms with van der Waals surface area (Å²) in [5, 5.41) is 4.19. The molecule has 4 heteroatoms. The Morgan fingerprint density at radius 1 is 1.14 bits per heavy atom. The number of hydrogen-bond acceptors (Lipinski definition) is 3. The summed E-state index contributed by atoms with van der Waals surface area (Å²) in [4.78, 5) is 16.6. The van der Waals surface area contributed by atoms with Crippen molar-refractivity contribution in [2.24, 2.45) is 5.92 Å². The first-order chi connectivity index (χ1) is 9.97. The molecule has 0 saturated carbocycles. The average Bonchev–Trinajstić information content (AvgIpc) is 2.85. The highest BCUT2D eigenvalue weighted by atomic mass is 16.1. The number of hydrogen-bond donors (Lipinski definition) is 0. The SMILES string of the molecule is CC(C)Cn1ncnc1CC(=O)c1ccc(C(C)C)cc1. The first-order valence-corrected chi connectivity index (χ1v) is 7.47. The summed E-state index contributed by atoms with van der Waals surface area (Å²) >= 11 is 0. The molecule has 0 bridgehead atoms. The number of Topliss-reactive ketones (excluding diaryl/α,β-unsaturated/α-hetero) is 1. The lowest BCUT2D eigenvalue weighted by Crippen LogP contribution is -2.14. The van der Waals surface area contributed by atoms with Crippen LogP contribution in [-0.4, -0.2) is 20.5 Å². The molecule has 0 aliphatic rings. The van der Waals surface area contributed by atoms with Gasteiger partial charge in [0.1, 0.15) is 12.2 Å². The van der Waals surface area contributed by atoms with E-state index >= 15 is 0 Å². The Bertz CT molecular complexity index is 597. The van der Waals surface area contributed by atoms with Crippen molar-refractivity contribution in [2.45, 2.75) is 46.6 Å². The molecule has 0 aliphatic heterocycles. The van der Waals surface area contributed by atoms with Crippen molar-refractivity contribution in [3.63, 3.8) is 0 Å². The van der Waals surface area contributed by atoms with Gasteiger partial charge in [0.05, 0.1) is 6.42 Å². The van der Waals surface area contributed by atoms with Crippen LogP contribution in [0, 0.1) is 5.92 Å². The van der Waals surface area contributed by atoms with Gasteiger partial charge in [0, 0.05) is 12.1 Å². The molecule has 1 aromatic carbocycles. The van der Waals surface area contributed by atoms with E-state index in [0.29, 0.717) is 18.3 Å². The van der Waals surface area contributed by atoms with Gasteiger partial charge in [0.25, 0.3) is 0 Å². The lowest BCUT2D eigenvalue weighted by molar-refractivity contribution is 0.0989. The number of rotatable bonds is 6. The molecule has 0 saturated heterocycles. The fourth-order valence-electron chi connectivity index (χ4n) is 2.22. The van der Waals surface area contributed by atoms with E-state index in [0.717, 1.165) is 17.9 Å². The van der Waals surface area contributed by atoms with E-state index in [9.17, 15) is 4.79 Å². The summed E-state index contributed by atoms with van der Waals surface area (Å²) in [6, 6.07) is 7.86. The second kappa shape index (κ2) is 6.66. The lowest BCUT2D eigenvalue weighted by Gasteiger charge is -2.09. The Labute approximate surface area is 126 Å². The topological polar surface area (TPSA) is 47.8 Å². The smallest absolute Gasteiger partial charge is 0.170 e. The molecule has 0 radical (unpaired) electrons. The predicted octanol–water partition coefficient (Wildman–Crippen LogP) is 3.48. The highest BCUT2D eigenvalue weighted by Gasteiger charge is 2.13. The Balaban J connectivity index is 2.09. The van der Waals surface area contributed by atoms with Gasteiger partial charge >= 0.3 is 0 Å².